The molecule has 20 heavy (non-hydrogen) atoms. The van der Waals surface area contributed by atoms with Gasteiger partial charge in [0.15, 0.2) is 0 Å². The minimum atomic E-state index is -5.34. The maximum Gasteiger partial charge on any atom is 0.369 e. The van der Waals surface area contributed by atoms with Gasteiger partial charge in [-0.1, -0.05) is 0 Å². The highest BCUT2D eigenvalue weighted by atomic mass is 32.1. The third kappa shape index (κ3) is 4.29. The van der Waals surface area contributed by atoms with Gasteiger partial charge in [0.25, 0.3) is 5.08 Å². The molecule has 0 spiro atoms. The van der Waals surface area contributed by atoms with E-state index < -0.39 is 26.7 Å². The number of rotatable bonds is 6. The van der Waals surface area contributed by atoms with E-state index in [1.165, 1.54) is 0 Å². The highest BCUT2D eigenvalue weighted by Gasteiger charge is 2.58. The van der Waals surface area contributed by atoms with Crippen molar-refractivity contribution in [3.63, 3.8) is 0 Å². The summed E-state index contributed by atoms with van der Waals surface area (Å²) >= 11 is 4.18. The van der Waals surface area contributed by atoms with Crippen LogP contribution in [0.1, 0.15) is 25.7 Å². The van der Waals surface area contributed by atoms with Gasteiger partial charge in [-0.2, -0.15) is 12.6 Å². The molecule has 6 N–H and O–H groups in total. The SMILES string of the molecule is O=P(O)(O)C(O)(CCC1CCC(CS)CN1)P(=O)(O)O. The van der Waals surface area contributed by atoms with Gasteiger partial charge in [-0.25, -0.2) is 0 Å². The van der Waals surface area contributed by atoms with Gasteiger partial charge in [-0.05, 0) is 37.5 Å². The molecule has 0 aromatic heterocycles. The largest absolute Gasteiger partial charge is 0.369 e. The zero-order valence-corrected chi connectivity index (χ0v) is 13.5. The molecule has 8 nitrogen and oxygen atoms in total. The van der Waals surface area contributed by atoms with Crippen molar-refractivity contribution in [2.24, 2.45) is 5.92 Å². The molecular formula is C9H21NO7P2S. The molecule has 2 atom stereocenters. The third-order valence-corrected chi connectivity index (χ3v) is 8.03. The molecule has 0 radical (unpaired) electrons. The van der Waals surface area contributed by atoms with Crippen molar-refractivity contribution in [3.8, 4) is 0 Å². The highest BCUT2D eigenvalue weighted by Crippen LogP contribution is 2.69. The van der Waals surface area contributed by atoms with Crippen LogP contribution in [0, 0.1) is 5.92 Å². The Kier molecular flexibility index (Phi) is 6.30. The number of nitrogens with one attached hydrogen (secondary N) is 1. The third-order valence-electron chi connectivity index (χ3n) is 3.64. The predicted octanol–water partition coefficient (Wildman–Crippen LogP) is 0.0661. The predicted molar refractivity (Wildman–Crippen MR) is 76.6 cm³/mol. The quantitative estimate of drug-likeness (QED) is 0.263. The van der Waals surface area contributed by atoms with Crippen LogP contribution in [0.3, 0.4) is 0 Å². The Morgan fingerprint density at radius 3 is 2.05 bits per heavy atom. The summed E-state index contributed by atoms with van der Waals surface area (Å²) < 4.78 is 22.4. The van der Waals surface area contributed by atoms with Crippen molar-refractivity contribution in [2.75, 3.05) is 12.3 Å². The Bertz CT molecular complexity index is 393. The molecule has 0 bridgehead atoms. The summed E-state index contributed by atoms with van der Waals surface area (Å²) in [7, 11) is -10.7. The molecule has 2 unspecified atom stereocenters. The first-order chi connectivity index (χ1) is 9.01. The average Bonchev–Trinajstić information content (AvgIpc) is 2.33. The molecule has 1 aliphatic rings. The van der Waals surface area contributed by atoms with Crippen LogP contribution in [-0.2, 0) is 9.13 Å². The van der Waals surface area contributed by atoms with Crippen LogP contribution in [-0.4, -0.2) is 48.1 Å². The molecule has 0 aromatic carbocycles. The monoisotopic (exact) mass is 349 g/mol. The Labute approximate surface area is 122 Å². The maximum absolute atomic E-state index is 11.2. The summed E-state index contributed by atoms with van der Waals surface area (Å²) in [6, 6.07) is -0.129. The van der Waals surface area contributed by atoms with Crippen molar-refractivity contribution in [1.29, 1.82) is 0 Å². The van der Waals surface area contributed by atoms with Gasteiger partial charge in [-0.3, -0.25) is 9.13 Å². The first-order valence-electron chi connectivity index (χ1n) is 6.19. The summed E-state index contributed by atoms with van der Waals surface area (Å²) in [5, 5.41) is 9.57. The Morgan fingerprint density at radius 2 is 1.70 bits per heavy atom. The molecule has 0 aliphatic carbocycles. The Hall–Kier alpha value is 0.570. The first kappa shape index (κ1) is 18.6. The molecule has 1 heterocycles. The van der Waals surface area contributed by atoms with Gasteiger partial charge in [0, 0.05) is 12.5 Å². The van der Waals surface area contributed by atoms with Crippen LogP contribution in [0.4, 0.5) is 0 Å². The fourth-order valence-electron chi connectivity index (χ4n) is 2.21. The zero-order chi connectivity index (χ0) is 15.6. The standard InChI is InChI=1S/C9H21NO7P2S/c11-9(18(12,13)14,19(15,16)17)4-3-8-2-1-7(6-20)5-10-8/h7-8,10-11,20H,1-6H2,(H2,12,13,14)(H2,15,16,17). The molecule has 0 saturated carbocycles. The van der Waals surface area contributed by atoms with Gasteiger partial charge in [0.05, 0.1) is 0 Å². The van der Waals surface area contributed by atoms with E-state index in [4.69, 9.17) is 19.6 Å². The van der Waals surface area contributed by atoms with Crippen molar-refractivity contribution >= 4 is 27.8 Å². The lowest BCUT2D eigenvalue weighted by Gasteiger charge is -2.33. The van der Waals surface area contributed by atoms with E-state index in [1.54, 1.807) is 0 Å². The molecule has 1 fully saturated rings. The minimum Gasteiger partial charge on any atom is -0.368 e. The average molecular weight is 349 g/mol. The van der Waals surface area contributed by atoms with Gasteiger partial charge in [-0.15, -0.1) is 0 Å². The second-order valence-electron chi connectivity index (χ2n) is 5.13. The van der Waals surface area contributed by atoms with Crippen LogP contribution in [0.15, 0.2) is 0 Å². The molecular weight excluding hydrogens is 328 g/mol. The van der Waals surface area contributed by atoms with E-state index in [1.807, 2.05) is 0 Å². The first-order valence-corrected chi connectivity index (χ1v) is 10.0. The van der Waals surface area contributed by atoms with Gasteiger partial charge in [0.1, 0.15) is 0 Å². The number of hydrogen-bond donors (Lipinski definition) is 7. The van der Waals surface area contributed by atoms with Crippen molar-refractivity contribution < 1.29 is 33.8 Å². The topological polar surface area (TPSA) is 147 Å². The van der Waals surface area contributed by atoms with Crippen LogP contribution < -0.4 is 5.32 Å². The van der Waals surface area contributed by atoms with E-state index in [2.05, 4.69) is 17.9 Å². The summed E-state index contributed by atoms with van der Waals surface area (Å²) in [5.74, 6) is 1.14. The second-order valence-corrected chi connectivity index (χ2v) is 9.51. The fraction of sp³-hybridized carbons (Fsp3) is 1.00. The van der Waals surface area contributed by atoms with E-state index in [0.29, 0.717) is 18.9 Å². The summed E-state index contributed by atoms with van der Waals surface area (Å²) in [6.45, 7) is 0.693. The molecule has 1 aliphatic heterocycles. The van der Waals surface area contributed by atoms with Crippen LogP contribution in [0.2, 0.25) is 0 Å². The lowest BCUT2D eigenvalue weighted by Crippen LogP contribution is -2.41. The lowest BCUT2D eigenvalue weighted by molar-refractivity contribution is 0.115. The van der Waals surface area contributed by atoms with Gasteiger partial charge < -0.3 is 30.0 Å². The minimum absolute atomic E-state index is 0.0754. The van der Waals surface area contributed by atoms with E-state index in [9.17, 15) is 14.2 Å². The second kappa shape index (κ2) is 6.77. The Balaban J connectivity index is 2.66. The van der Waals surface area contributed by atoms with Crippen LogP contribution in [0.5, 0.6) is 0 Å². The molecule has 0 aromatic rings. The number of thiol groups is 1. The van der Waals surface area contributed by atoms with E-state index in [-0.39, 0.29) is 12.5 Å². The zero-order valence-electron chi connectivity index (χ0n) is 10.8. The lowest BCUT2D eigenvalue weighted by atomic mass is 9.94. The smallest absolute Gasteiger partial charge is 0.368 e. The molecule has 120 valence electrons. The van der Waals surface area contributed by atoms with Gasteiger partial charge in [0.2, 0.25) is 0 Å². The van der Waals surface area contributed by atoms with Crippen LogP contribution in [0.25, 0.3) is 0 Å². The summed E-state index contributed by atoms with van der Waals surface area (Å²) in [4.78, 5) is 36.1. The molecule has 0 amide bonds. The summed E-state index contributed by atoms with van der Waals surface area (Å²) in [5.41, 5.74) is 0. The molecule has 1 rings (SSSR count). The van der Waals surface area contributed by atoms with Crippen molar-refractivity contribution in [3.05, 3.63) is 0 Å². The van der Waals surface area contributed by atoms with Crippen molar-refractivity contribution in [2.45, 2.75) is 36.8 Å². The van der Waals surface area contributed by atoms with E-state index in [0.717, 1.165) is 12.2 Å². The molecule has 11 heteroatoms. The van der Waals surface area contributed by atoms with Crippen molar-refractivity contribution in [1.82, 2.24) is 5.32 Å². The van der Waals surface area contributed by atoms with Crippen LogP contribution >= 0.6 is 27.8 Å². The maximum atomic E-state index is 11.2. The Morgan fingerprint density at radius 1 is 1.15 bits per heavy atom. The number of hydrogen-bond acceptors (Lipinski definition) is 5. The fourth-order valence-corrected chi connectivity index (χ4v) is 4.72. The highest BCUT2D eigenvalue weighted by molar-refractivity contribution is 7.80. The van der Waals surface area contributed by atoms with E-state index >= 15 is 0 Å². The summed E-state index contributed by atoms with van der Waals surface area (Å²) in [6.07, 6.45) is 1.01. The number of aliphatic hydroxyl groups is 1. The normalized spacial score (nSPS) is 25.7. The number of piperidine rings is 1. The van der Waals surface area contributed by atoms with Gasteiger partial charge >= 0.3 is 15.2 Å². The molecule has 1 saturated heterocycles.